The van der Waals surface area contributed by atoms with Crippen LogP contribution in [-0.2, 0) is 0 Å². The molecule has 31 heavy (non-hydrogen) atoms. The van der Waals surface area contributed by atoms with E-state index in [1.807, 2.05) is 6.07 Å². The molecular formula is C22H14FN5O3. The molecule has 152 valence electrons. The van der Waals surface area contributed by atoms with Crippen LogP contribution >= 0.6 is 0 Å². The molecule has 0 atom stereocenters. The zero-order valence-electron chi connectivity index (χ0n) is 15.8. The zero-order valence-corrected chi connectivity index (χ0v) is 15.8. The van der Waals surface area contributed by atoms with Crippen molar-refractivity contribution in [3.05, 3.63) is 82.9 Å². The van der Waals surface area contributed by atoms with E-state index in [1.165, 1.54) is 18.2 Å². The Morgan fingerprint density at radius 3 is 2.71 bits per heavy atom. The van der Waals surface area contributed by atoms with E-state index in [9.17, 15) is 14.0 Å². The summed E-state index contributed by atoms with van der Waals surface area (Å²) in [7, 11) is 0. The van der Waals surface area contributed by atoms with Crippen molar-refractivity contribution in [2.75, 3.05) is 5.32 Å². The molecule has 0 saturated carbocycles. The fourth-order valence-electron chi connectivity index (χ4n) is 3.32. The topological polar surface area (TPSA) is 113 Å². The van der Waals surface area contributed by atoms with Gasteiger partial charge in [-0.15, -0.1) is 0 Å². The van der Waals surface area contributed by atoms with Crippen molar-refractivity contribution in [2.45, 2.75) is 0 Å². The number of carbonyl (C=O) groups is 1. The van der Waals surface area contributed by atoms with Crippen LogP contribution in [0.1, 0.15) is 0 Å². The number of aromatic amines is 2. The van der Waals surface area contributed by atoms with Gasteiger partial charge in [0.2, 0.25) is 5.95 Å². The third kappa shape index (κ3) is 3.48. The molecule has 3 N–H and O–H groups in total. The standard InChI is InChI=1S/C22H14FN5O3/c23-15-8-4-7-14-18(15)19(27-28-20(14)29)12-9-10-16-17(11-12)25-21(24-16)26-22(30)31-13-5-2-1-3-6-13/h1-11H,(H,28,29)(H2,24,25,26,30). The number of anilines is 1. The highest BCUT2D eigenvalue weighted by Crippen LogP contribution is 2.29. The Morgan fingerprint density at radius 2 is 1.87 bits per heavy atom. The lowest BCUT2D eigenvalue weighted by Gasteiger charge is -2.06. The van der Waals surface area contributed by atoms with E-state index in [4.69, 9.17) is 4.74 Å². The first-order chi connectivity index (χ1) is 15.1. The number of para-hydroxylation sites is 1. The van der Waals surface area contributed by atoms with Gasteiger partial charge >= 0.3 is 6.09 Å². The molecule has 3 aromatic carbocycles. The lowest BCUT2D eigenvalue weighted by molar-refractivity contribution is 0.215. The predicted molar refractivity (Wildman–Crippen MR) is 113 cm³/mol. The second kappa shape index (κ2) is 7.38. The summed E-state index contributed by atoms with van der Waals surface area (Å²) in [5.41, 5.74) is 1.56. The summed E-state index contributed by atoms with van der Waals surface area (Å²) in [6, 6.07) is 18.1. The van der Waals surface area contributed by atoms with E-state index < -0.39 is 17.5 Å². The van der Waals surface area contributed by atoms with E-state index in [2.05, 4.69) is 25.5 Å². The molecule has 0 aliphatic rings. The Labute approximate surface area is 173 Å². The number of benzene rings is 3. The van der Waals surface area contributed by atoms with Crippen molar-refractivity contribution < 1.29 is 13.9 Å². The van der Waals surface area contributed by atoms with Crippen LogP contribution in [0.25, 0.3) is 33.1 Å². The van der Waals surface area contributed by atoms with Gasteiger partial charge < -0.3 is 9.72 Å². The highest BCUT2D eigenvalue weighted by Gasteiger charge is 2.15. The lowest BCUT2D eigenvalue weighted by atomic mass is 10.0. The summed E-state index contributed by atoms with van der Waals surface area (Å²) in [6.45, 7) is 0. The molecule has 2 heterocycles. The van der Waals surface area contributed by atoms with E-state index in [0.29, 0.717) is 28.0 Å². The van der Waals surface area contributed by atoms with Gasteiger partial charge in [0.15, 0.2) is 0 Å². The van der Waals surface area contributed by atoms with Gasteiger partial charge in [0.05, 0.1) is 21.8 Å². The molecule has 0 unspecified atom stereocenters. The van der Waals surface area contributed by atoms with E-state index in [0.717, 1.165) is 0 Å². The van der Waals surface area contributed by atoms with Crippen molar-refractivity contribution in [3.8, 4) is 17.0 Å². The molecule has 8 nitrogen and oxygen atoms in total. The molecule has 1 amide bonds. The van der Waals surface area contributed by atoms with Gasteiger partial charge in [-0.1, -0.05) is 30.3 Å². The van der Waals surface area contributed by atoms with Gasteiger partial charge in [-0.05, 0) is 36.4 Å². The maximum Gasteiger partial charge on any atom is 0.419 e. The van der Waals surface area contributed by atoms with Crippen molar-refractivity contribution in [1.29, 1.82) is 0 Å². The fraction of sp³-hybridized carbons (Fsp3) is 0. The summed E-state index contributed by atoms with van der Waals surface area (Å²) in [5, 5.41) is 9.32. The first kappa shape index (κ1) is 18.5. The van der Waals surface area contributed by atoms with Gasteiger partial charge in [0.1, 0.15) is 17.3 Å². The number of fused-ring (bicyclic) bond motifs is 2. The van der Waals surface area contributed by atoms with Crippen LogP contribution in [0.2, 0.25) is 0 Å². The van der Waals surface area contributed by atoms with E-state index >= 15 is 0 Å². The quantitative estimate of drug-likeness (QED) is 0.408. The Kier molecular flexibility index (Phi) is 4.40. The molecule has 5 aromatic rings. The van der Waals surface area contributed by atoms with Crippen LogP contribution in [0.4, 0.5) is 15.1 Å². The molecule has 5 rings (SSSR count). The van der Waals surface area contributed by atoms with Crippen molar-refractivity contribution in [2.24, 2.45) is 0 Å². The number of hydrogen-bond acceptors (Lipinski definition) is 5. The number of nitrogens with one attached hydrogen (secondary N) is 3. The Morgan fingerprint density at radius 1 is 1.03 bits per heavy atom. The number of rotatable bonds is 3. The number of aromatic nitrogens is 4. The second-order valence-corrected chi connectivity index (χ2v) is 6.71. The average Bonchev–Trinajstić information content (AvgIpc) is 3.16. The molecule has 0 fully saturated rings. The largest absolute Gasteiger partial charge is 0.419 e. The third-order valence-corrected chi connectivity index (χ3v) is 4.69. The summed E-state index contributed by atoms with van der Waals surface area (Å²) in [5.74, 6) is 0.0526. The van der Waals surface area contributed by atoms with Crippen molar-refractivity contribution in [3.63, 3.8) is 0 Å². The number of ether oxygens (including phenoxy) is 1. The molecule has 0 aliphatic carbocycles. The number of nitrogens with zero attached hydrogens (tertiary/aromatic N) is 2. The number of halogens is 1. The Hall–Kier alpha value is -4.53. The zero-order chi connectivity index (χ0) is 21.4. The number of carbonyl (C=O) groups excluding carboxylic acids is 1. The average molecular weight is 415 g/mol. The molecule has 0 aliphatic heterocycles. The van der Waals surface area contributed by atoms with Crippen LogP contribution in [0.5, 0.6) is 5.75 Å². The first-order valence-electron chi connectivity index (χ1n) is 9.29. The Bertz CT molecular complexity index is 1490. The minimum absolute atomic E-state index is 0.134. The van der Waals surface area contributed by atoms with Crippen LogP contribution in [-0.4, -0.2) is 26.3 Å². The highest BCUT2D eigenvalue weighted by atomic mass is 19.1. The molecule has 2 aromatic heterocycles. The maximum atomic E-state index is 14.5. The lowest BCUT2D eigenvalue weighted by Crippen LogP contribution is -2.17. The number of amides is 1. The van der Waals surface area contributed by atoms with Crippen molar-refractivity contribution >= 4 is 33.8 Å². The van der Waals surface area contributed by atoms with Gasteiger partial charge in [-0.25, -0.2) is 19.3 Å². The van der Waals surface area contributed by atoms with Crippen LogP contribution in [0.3, 0.4) is 0 Å². The van der Waals surface area contributed by atoms with Crippen LogP contribution < -0.4 is 15.6 Å². The summed E-state index contributed by atoms with van der Waals surface area (Å²) >= 11 is 0. The number of hydrogen-bond donors (Lipinski definition) is 3. The van der Waals surface area contributed by atoms with Crippen molar-refractivity contribution in [1.82, 2.24) is 20.2 Å². The SMILES string of the molecule is O=C(Nc1nc2ccc(-c3n[nH]c(=O)c4cccc(F)c34)cc2[nH]1)Oc1ccccc1. The van der Waals surface area contributed by atoms with E-state index in [1.54, 1.807) is 42.5 Å². The van der Waals surface area contributed by atoms with Gasteiger partial charge in [0.25, 0.3) is 5.56 Å². The third-order valence-electron chi connectivity index (χ3n) is 4.69. The number of H-pyrrole nitrogens is 2. The smallest absolute Gasteiger partial charge is 0.410 e. The minimum Gasteiger partial charge on any atom is -0.410 e. The fourth-order valence-corrected chi connectivity index (χ4v) is 3.32. The minimum atomic E-state index is -0.694. The predicted octanol–water partition coefficient (Wildman–Crippen LogP) is 4.22. The molecule has 0 bridgehead atoms. The molecular weight excluding hydrogens is 401 g/mol. The summed E-state index contributed by atoms with van der Waals surface area (Å²) in [4.78, 5) is 31.4. The number of imidazole rings is 1. The molecule has 0 saturated heterocycles. The first-order valence-corrected chi connectivity index (χ1v) is 9.29. The highest BCUT2D eigenvalue weighted by molar-refractivity contribution is 5.96. The van der Waals surface area contributed by atoms with Gasteiger partial charge in [0, 0.05) is 5.56 Å². The second-order valence-electron chi connectivity index (χ2n) is 6.71. The summed E-state index contributed by atoms with van der Waals surface area (Å²) < 4.78 is 19.7. The van der Waals surface area contributed by atoms with E-state index in [-0.39, 0.29) is 16.7 Å². The van der Waals surface area contributed by atoms with Gasteiger partial charge in [-0.2, -0.15) is 5.10 Å². The van der Waals surface area contributed by atoms with Crippen LogP contribution in [0, 0.1) is 5.82 Å². The molecule has 9 heteroatoms. The molecule has 0 spiro atoms. The Balaban J connectivity index is 1.48. The van der Waals surface area contributed by atoms with Crippen LogP contribution in [0.15, 0.2) is 71.5 Å². The van der Waals surface area contributed by atoms with Gasteiger partial charge in [-0.3, -0.25) is 10.1 Å². The normalized spacial score (nSPS) is 11.0. The maximum absolute atomic E-state index is 14.5. The summed E-state index contributed by atoms with van der Waals surface area (Å²) in [6.07, 6.45) is -0.694. The molecule has 0 radical (unpaired) electrons. The monoisotopic (exact) mass is 415 g/mol.